The maximum Gasteiger partial charge on any atom is 0.494 e. The van der Waals surface area contributed by atoms with Gasteiger partial charge >= 0.3 is 13.1 Å². The Labute approximate surface area is 242 Å². The van der Waals surface area contributed by atoms with Crippen molar-refractivity contribution >= 4 is 30.1 Å². The van der Waals surface area contributed by atoms with E-state index in [1.807, 2.05) is 45.9 Å². The molecule has 9 heteroatoms. The van der Waals surface area contributed by atoms with E-state index < -0.39 is 18.3 Å². The van der Waals surface area contributed by atoms with Crippen LogP contribution in [-0.2, 0) is 35.5 Å². The predicted octanol–water partition coefficient (Wildman–Crippen LogP) is 4.67. The first kappa shape index (κ1) is 29.2. The maximum absolute atomic E-state index is 13.8. The van der Waals surface area contributed by atoms with E-state index in [0.717, 1.165) is 28.8 Å². The lowest BCUT2D eigenvalue weighted by molar-refractivity contribution is -0.143. The van der Waals surface area contributed by atoms with Gasteiger partial charge in [-0.25, -0.2) is 0 Å². The predicted molar refractivity (Wildman–Crippen MR) is 156 cm³/mol. The molecule has 2 unspecified atom stereocenters. The number of ether oxygens (including phenoxy) is 2. The van der Waals surface area contributed by atoms with Crippen molar-refractivity contribution in [2.45, 2.75) is 83.8 Å². The molecule has 3 aliphatic rings. The minimum absolute atomic E-state index is 0.0758. The zero-order valence-corrected chi connectivity index (χ0v) is 24.8. The SMILES string of the molecule is CCOC(=O)CCCc1ccc(C#N)cc1NC(=O)C1C(C)[C@]12CCOc1ccc(B3OC(C)(C)C(C)(C)O3)cc12. The van der Waals surface area contributed by atoms with Gasteiger partial charge in [-0.05, 0) is 89.0 Å². The van der Waals surface area contributed by atoms with Crippen molar-refractivity contribution in [2.24, 2.45) is 11.8 Å². The summed E-state index contributed by atoms with van der Waals surface area (Å²) in [6, 6.07) is 13.5. The van der Waals surface area contributed by atoms with E-state index in [0.29, 0.717) is 43.7 Å². The number of aryl methyl sites for hydroxylation is 1. The molecule has 1 aliphatic carbocycles. The minimum Gasteiger partial charge on any atom is -0.493 e. The molecule has 41 heavy (non-hydrogen) atoms. The molecular weight excluding hydrogens is 519 g/mol. The summed E-state index contributed by atoms with van der Waals surface area (Å²) in [5.74, 6) is 0.332. The standard InChI is InChI=1S/C32H39BN2O6/c1-7-38-27(36)10-8-9-22-12-11-21(19-34)17-25(22)35-29(37)28-20(2)32(28)15-16-39-26-14-13-23(18-24(26)32)33-40-30(3,4)31(5,6)41-33/h11-14,17-18,20,28H,7-10,15-16H2,1-6H3,(H,35,37)/t20?,28?,32-/m0/s1. The highest BCUT2D eigenvalue weighted by Gasteiger charge is 2.68. The third kappa shape index (κ3) is 5.24. The number of rotatable bonds is 8. The fourth-order valence-electron chi connectivity index (χ4n) is 6.36. The van der Waals surface area contributed by atoms with E-state index in [2.05, 4.69) is 24.4 Å². The van der Waals surface area contributed by atoms with Crippen molar-refractivity contribution in [2.75, 3.05) is 18.5 Å². The van der Waals surface area contributed by atoms with E-state index >= 15 is 0 Å². The molecule has 2 aromatic carbocycles. The van der Waals surface area contributed by atoms with E-state index in [1.165, 1.54) is 0 Å². The molecule has 2 heterocycles. The second kappa shape index (κ2) is 10.8. The molecule has 0 radical (unpaired) electrons. The van der Waals surface area contributed by atoms with Gasteiger partial charge in [-0.3, -0.25) is 9.59 Å². The van der Waals surface area contributed by atoms with Crippen LogP contribution in [0.4, 0.5) is 5.69 Å². The minimum atomic E-state index is -0.503. The number of amides is 1. The van der Waals surface area contributed by atoms with Crippen LogP contribution in [0.2, 0.25) is 0 Å². The lowest BCUT2D eigenvalue weighted by atomic mass is 9.75. The van der Waals surface area contributed by atoms with Gasteiger partial charge < -0.3 is 24.1 Å². The van der Waals surface area contributed by atoms with Crippen molar-refractivity contribution in [1.29, 1.82) is 5.26 Å². The number of nitrogens with zero attached hydrogens (tertiary/aromatic N) is 1. The number of benzene rings is 2. The van der Waals surface area contributed by atoms with E-state index in [9.17, 15) is 14.9 Å². The molecule has 2 fully saturated rings. The number of anilines is 1. The van der Waals surface area contributed by atoms with Crippen molar-refractivity contribution in [1.82, 2.24) is 0 Å². The largest absolute Gasteiger partial charge is 0.494 e. The average Bonchev–Trinajstić information content (AvgIpc) is 3.43. The van der Waals surface area contributed by atoms with Crippen LogP contribution >= 0.6 is 0 Å². The Kier molecular flexibility index (Phi) is 7.69. The summed E-state index contributed by atoms with van der Waals surface area (Å²) >= 11 is 0. The van der Waals surface area contributed by atoms with Crippen LogP contribution in [0.15, 0.2) is 36.4 Å². The Balaban J connectivity index is 1.37. The Hall–Kier alpha value is -3.35. The highest BCUT2D eigenvalue weighted by molar-refractivity contribution is 6.62. The molecule has 0 bridgehead atoms. The average molecular weight is 558 g/mol. The van der Waals surface area contributed by atoms with Crippen LogP contribution < -0.4 is 15.5 Å². The maximum atomic E-state index is 13.8. The summed E-state index contributed by atoms with van der Waals surface area (Å²) in [5, 5.41) is 12.6. The summed E-state index contributed by atoms with van der Waals surface area (Å²) in [7, 11) is -0.503. The molecule has 1 N–H and O–H groups in total. The summed E-state index contributed by atoms with van der Waals surface area (Å²) in [6.45, 7) is 12.9. The van der Waals surface area contributed by atoms with E-state index in [-0.39, 0.29) is 29.1 Å². The number of hydrogen-bond acceptors (Lipinski definition) is 7. The second-order valence-electron chi connectivity index (χ2n) is 12.4. The van der Waals surface area contributed by atoms with E-state index in [4.69, 9.17) is 18.8 Å². The van der Waals surface area contributed by atoms with Gasteiger partial charge in [0.05, 0.1) is 42.0 Å². The Morgan fingerprint density at radius 3 is 2.54 bits per heavy atom. The summed E-state index contributed by atoms with van der Waals surface area (Å²) in [4.78, 5) is 25.7. The van der Waals surface area contributed by atoms with Gasteiger partial charge in [0.2, 0.25) is 5.91 Å². The molecule has 2 aromatic rings. The Morgan fingerprint density at radius 2 is 1.85 bits per heavy atom. The molecule has 1 saturated carbocycles. The molecular formula is C32H39BN2O6. The van der Waals surface area contributed by atoms with Crippen LogP contribution in [-0.4, -0.2) is 43.4 Å². The van der Waals surface area contributed by atoms with Crippen LogP contribution in [0, 0.1) is 23.2 Å². The molecule has 216 valence electrons. The molecule has 1 saturated heterocycles. The zero-order valence-electron chi connectivity index (χ0n) is 24.8. The number of carbonyl (C=O) groups is 2. The molecule has 1 amide bonds. The summed E-state index contributed by atoms with van der Waals surface area (Å²) < 4.78 is 23.7. The third-order valence-corrected chi connectivity index (χ3v) is 9.47. The van der Waals surface area contributed by atoms with Crippen LogP contribution in [0.25, 0.3) is 0 Å². The molecule has 5 rings (SSSR count). The number of esters is 1. The monoisotopic (exact) mass is 558 g/mol. The summed E-state index contributed by atoms with van der Waals surface area (Å²) in [6.07, 6.45) is 2.20. The Bertz CT molecular complexity index is 1380. The number of carbonyl (C=O) groups excluding carboxylic acids is 2. The van der Waals surface area contributed by atoms with Gasteiger partial charge in [0, 0.05) is 23.1 Å². The number of nitrogens with one attached hydrogen (secondary N) is 1. The van der Waals surface area contributed by atoms with Gasteiger partial charge in [-0.2, -0.15) is 5.26 Å². The normalized spacial score (nSPS) is 25.1. The van der Waals surface area contributed by atoms with Gasteiger partial charge in [-0.15, -0.1) is 0 Å². The van der Waals surface area contributed by atoms with Gasteiger partial charge in [-0.1, -0.05) is 25.1 Å². The first-order valence-electron chi connectivity index (χ1n) is 14.6. The highest BCUT2D eigenvalue weighted by atomic mass is 16.7. The number of nitriles is 1. The number of hydrogen-bond donors (Lipinski definition) is 1. The van der Waals surface area contributed by atoms with Crippen molar-refractivity contribution in [3.8, 4) is 11.8 Å². The summed E-state index contributed by atoms with van der Waals surface area (Å²) in [5.41, 5.74) is 2.64. The third-order valence-electron chi connectivity index (χ3n) is 9.47. The quantitative estimate of drug-likeness (QED) is 0.371. The van der Waals surface area contributed by atoms with Crippen molar-refractivity contribution in [3.05, 3.63) is 53.1 Å². The van der Waals surface area contributed by atoms with Crippen LogP contribution in [0.1, 0.15) is 77.5 Å². The molecule has 0 aromatic heterocycles. The second-order valence-corrected chi connectivity index (χ2v) is 12.4. The van der Waals surface area contributed by atoms with Crippen LogP contribution in [0.3, 0.4) is 0 Å². The lowest BCUT2D eigenvalue weighted by Gasteiger charge is -2.32. The van der Waals surface area contributed by atoms with Crippen molar-refractivity contribution < 1.29 is 28.4 Å². The van der Waals surface area contributed by atoms with Gasteiger partial charge in [0.1, 0.15) is 5.75 Å². The van der Waals surface area contributed by atoms with Gasteiger partial charge in [0.15, 0.2) is 0 Å². The Morgan fingerprint density at radius 1 is 1.12 bits per heavy atom. The van der Waals surface area contributed by atoms with Crippen LogP contribution in [0.5, 0.6) is 5.75 Å². The highest BCUT2D eigenvalue weighted by Crippen LogP contribution is 2.65. The smallest absolute Gasteiger partial charge is 0.493 e. The lowest BCUT2D eigenvalue weighted by Crippen LogP contribution is -2.41. The molecule has 3 atom stereocenters. The van der Waals surface area contributed by atoms with E-state index in [1.54, 1.807) is 19.1 Å². The van der Waals surface area contributed by atoms with Crippen molar-refractivity contribution in [3.63, 3.8) is 0 Å². The fraction of sp³-hybridized carbons (Fsp3) is 0.531. The topological polar surface area (TPSA) is 107 Å². The number of fused-ring (bicyclic) bond motifs is 2. The fourth-order valence-corrected chi connectivity index (χ4v) is 6.36. The molecule has 1 spiro atoms. The zero-order chi connectivity index (χ0) is 29.6. The first-order chi connectivity index (χ1) is 19.4. The molecule has 2 aliphatic heterocycles. The first-order valence-corrected chi connectivity index (χ1v) is 14.6. The molecule has 8 nitrogen and oxygen atoms in total. The van der Waals surface area contributed by atoms with Gasteiger partial charge in [0.25, 0.3) is 0 Å².